The van der Waals surface area contributed by atoms with Crippen molar-refractivity contribution in [1.82, 2.24) is 5.32 Å². The SMILES string of the molecule is N#CCNC(=O)CN1C(=O)C(N)c2ccc(Br)cc21. The van der Waals surface area contributed by atoms with E-state index in [0.717, 1.165) is 4.47 Å². The fourth-order valence-electron chi connectivity index (χ4n) is 1.93. The van der Waals surface area contributed by atoms with Gasteiger partial charge in [-0.05, 0) is 12.1 Å². The van der Waals surface area contributed by atoms with E-state index in [4.69, 9.17) is 11.0 Å². The van der Waals surface area contributed by atoms with Crippen LogP contribution in [0.2, 0.25) is 0 Å². The second kappa shape index (κ2) is 5.38. The Bertz CT molecular complexity index is 582. The lowest BCUT2D eigenvalue weighted by Gasteiger charge is -2.16. The van der Waals surface area contributed by atoms with Crippen LogP contribution in [-0.4, -0.2) is 24.9 Å². The van der Waals surface area contributed by atoms with Crippen LogP contribution in [0, 0.1) is 11.3 Å². The highest BCUT2D eigenvalue weighted by Crippen LogP contribution is 2.36. The number of nitriles is 1. The second-order valence-electron chi connectivity index (χ2n) is 4.04. The van der Waals surface area contributed by atoms with Crippen LogP contribution in [0.3, 0.4) is 0 Å². The van der Waals surface area contributed by atoms with Crippen LogP contribution in [0.25, 0.3) is 0 Å². The van der Waals surface area contributed by atoms with Crippen LogP contribution in [0.1, 0.15) is 11.6 Å². The fraction of sp³-hybridized carbons (Fsp3) is 0.250. The predicted octanol–water partition coefficient (Wildman–Crippen LogP) is 0.435. The minimum atomic E-state index is -0.744. The molecule has 3 N–H and O–H groups in total. The summed E-state index contributed by atoms with van der Waals surface area (Å²) in [7, 11) is 0. The predicted molar refractivity (Wildman–Crippen MR) is 72.0 cm³/mol. The van der Waals surface area contributed by atoms with Crippen molar-refractivity contribution in [2.45, 2.75) is 6.04 Å². The van der Waals surface area contributed by atoms with Crippen molar-refractivity contribution in [3.63, 3.8) is 0 Å². The molecule has 0 radical (unpaired) electrons. The van der Waals surface area contributed by atoms with Gasteiger partial charge in [0.2, 0.25) is 11.8 Å². The van der Waals surface area contributed by atoms with Crippen molar-refractivity contribution in [1.29, 1.82) is 5.26 Å². The van der Waals surface area contributed by atoms with Gasteiger partial charge in [0, 0.05) is 10.0 Å². The highest BCUT2D eigenvalue weighted by Gasteiger charge is 2.35. The molecule has 98 valence electrons. The Hall–Kier alpha value is -1.91. The van der Waals surface area contributed by atoms with Crippen LogP contribution in [0.5, 0.6) is 0 Å². The van der Waals surface area contributed by atoms with Crippen molar-refractivity contribution < 1.29 is 9.59 Å². The van der Waals surface area contributed by atoms with Gasteiger partial charge in [0.15, 0.2) is 0 Å². The first-order valence-corrected chi connectivity index (χ1v) is 6.34. The van der Waals surface area contributed by atoms with E-state index in [-0.39, 0.29) is 19.0 Å². The summed E-state index contributed by atoms with van der Waals surface area (Å²) in [4.78, 5) is 25.0. The molecule has 0 aromatic heterocycles. The maximum absolute atomic E-state index is 12.0. The van der Waals surface area contributed by atoms with Gasteiger partial charge >= 0.3 is 0 Å². The molecule has 1 atom stereocenters. The number of rotatable bonds is 3. The minimum absolute atomic E-state index is 0.0851. The molecular weight excluding hydrogens is 312 g/mol. The number of carbonyl (C=O) groups is 2. The molecule has 1 aromatic rings. The third-order valence-corrected chi connectivity index (χ3v) is 3.31. The number of halogens is 1. The van der Waals surface area contributed by atoms with E-state index >= 15 is 0 Å². The molecule has 1 heterocycles. The number of benzene rings is 1. The van der Waals surface area contributed by atoms with Crippen molar-refractivity contribution in [3.8, 4) is 6.07 Å². The molecule has 1 aliphatic heterocycles. The lowest BCUT2D eigenvalue weighted by Crippen LogP contribution is -2.40. The summed E-state index contributed by atoms with van der Waals surface area (Å²) in [5.41, 5.74) is 7.14. The zero-order valence-electron chi connectivity index (χ0n) is 9.89. The Morgan fingerprint density at radius 1 is 1.58 bits per heavy atom. The molecule has 1 aromatic carbocycles. The van der Waals surface area contributed by atoms with Gasteiger partial charge in [-0.2, -0.15) is 5.26 Å². The summed E-state index contributed by atoms with van der Waals surface area (Å²) < 4.78 is 0.801. The largest absolute Gasteiger partial charge is 0.341 e. The quantitative estimate of drug-likeness (QED) is 0.788. The van der Waals surface area contributed by atoms with Crippen LogP contribution >= 0.6 is 15.9 Å². The van der Waals surface area contributed by atoms with Crippen LogP contribution < -0.4 is 16.0 Å². The zero-order chi connectivity index (χ0) is 14.0. The highest BCUT2D eigenvalue weighted by atomic mass is 79.9. The summed E-state index contributed by atoms with van der Waals surface area (Å²) >= 11 is 3.32. The topological polar surface area (TPSA) is 99.2 Å². The first-order valence-electron chi connectivity index (χ1n) is 5.54. The third kappa shape index (κ3) is 2.59. The van der Waals surface area contributed by atoms with E-state index in [1.807, 2.05) is 0 Å². The molecule has 1 aliphatic rings. The number of hydrogen-bond donors (Lipinski definition) is 2. The Kier molecular flexibility index (Phi) is 3.83. The number of hydrogen-bond acceptors (Lipinski definition) is 4. The molecule has 1 unspecified atom stereocenters. The van der Waals surface area contributed by atoms with Gasteiger partial charge < -0.3 is 16.0 Å². The molecule has 0 saturated heterocycles. The van der Waals surface area contributed by atoms with E-state index in [9.17, 15) is 9.59 Å². The smallest absolute Gasteiger partial charge is 0.249 e. The molecule has 2 rings (SSSR count). The van der Waals surface area contributed by atoms with Crippen LogP contribution in [0.15, 0.2) is 22.7 Å². The molecular formula is C12H11BrN4O2. The summed E-state index contributed by atoms with van der Waals surface area (Å²) in [6.07, 6.45) is 0. The number of anilines is 1. The van der Waals surface area contributed by atoms with Crippen LogP contribution in [-0.2, 0) is 9.59 Å². The van der Waals surface area contributed by atoms with Gasteiger partial charge in [-0.3, -0.25) is 9.59 Å². The first-order chi connectivity index (χ1) is 9.04. The summed E-state index contributed by atoms with van der Waals surface area (Å²) in [6, 6.07) is 6.36. The summed E-state index contributed by atoms with van der Waals surface area (Å²) in [5.74, 6) is -0.713. The van der Waals surface area contributed by atoms with E-state index in [2.05, 4.69) is 21.2 Å². The Labute approximate surface area is 118 Å². The number of nitrogens with zero attached hydrogens (tertiary/aromatic N) is 2. The molecule has 0 saturated carbocycles. The molecule has 0 spiro atoms. The van der Waals surface area contributed by atoms with E-state index < -0.39 is 11.9 Å². The lowest BCUT2D eigenvalue weighted by atomic mass is 10.1. The molecule has 2 amide bonds. The van der Waals surface area contributed by atoms with E-state index in [0.29, 0.717) is 11.3 Å². The number of nitrogens with one attached hydrogen (secondary N) is 1. The first kappa shape index (κ1) is 13.5. The fourth-order valence-corrected chi connectivity index (χ4v) is 2.28. The normalized spacial score (nSPS) is 17.0. The monoisotopic (exact) mass is 322 g/mol. The maximum Gasteiger partial charge on any atom is 0.249 e. The maximum atomic E-state index is 12.0. The minimum Gasteiger partial charge on any atom is -0.341 e. The number of amides is 2. The average molecular weight is 323 g/mol. The number of nitrogens with two attached hydrogens (primary N) is 1. The van der Waals surface area contributed by atoms with E-state index in [1.54, 1.807) is 24.3 Å². The Morgan fingerprint density at radius 2 is 2.32 bits per heavy atom. The van der Waals surface area contributed by atoms with Crippen molar-refractivity contribution in [2.75, 3.05) is 18.0 Å². The van der Waals surface area contributed by atoms with Gasteiger partial charge in [0.25, 0.3) is 0 Å². The zero-order valence-corrected chi connectivity index (χ0v) is 11.5. The molecule has 0 bridgehead atoms. The standard InChI is InChI=1S/C12H11BrN4O2/c13-7-1-2-8-9(5-7)17(12(19)11(8)15)6-10(18)16-4-3-14/h1-2,5,11H,4,6,15H2,(H,16,18). The summed E-state index contributed by atoms with van der Waals surface area (Å²) in [6.45, 7) is -0.226. The van der Waals surface area contributed by atoms with Crippen molar-refractivity contribution in [2.24, 2.45) is 5.73 Å². The van der Waals surface area contributed by atoms with Gasteiger partial charge in [-0.15, -0.1) is 0 Å². The van der Waals surface area contributed by atoms with E-state index in [1.165, 1.54) is 4.90 Å². The van der Waals surface area contributed by atoms with Gasteiger partial charge in [-0.1, -0.05) is 22.0 Å². The van der Waals surface area contributed by atoms with Crippen molar-refractivity contribution >= 4 is 33.4 Å². The lowest BCUT2D eigenvalue weighted by molar-refractivity contribution is -0.123. The Morgan fingerprint density at radius 3 is 3.00 bits per heavy atom. The van der Waals surface area contributed by atoms with Gasteiger partial charge in [0.05, 0.1) is 11.8 Å². The molecule has 0 fully saturated rings. The van der Waals surface area contributed by atoms with Gasteiger partial charge in [-0.25, -0.2) is 0 Å². The Balaban J connectivity index is 2.23. The second-order valence-corrected chi connectivity index (χ2v) is 4.96. The molecule has 0 aliphatic carbocycles. The van der Waals surface area contributed by atoms with Crippen LogP contribution in [0.4, 0.5) is 5.69 Å². The number of fused-ring (bicyclic) bond motifs is 1. The highest BCUT2D eigenvalue weighted by molar-refractivity contribution is 9.10. The average Bonchev–Trinajstić information content (AvgIpc) is 2.61. The summed E-state index contributed by atoms with van der Waals surface area (Å²) in [5, 5.41) is 10.8. The third-order valence-electron chi connectivity index (χ3n) is 2.82. The molecule has 19 heavy (non-hydrogen) atoms. The number of carbonyl (C=O) groups excluding carboxylic acids is 2. The molecule has 7 heteroatoms. The van der Waals surface area contributed by atoms with Crippen molar-refractivity contribution in [3.05, 3.63) is 28.2 Å². The van der Waals surface area contributed by atoms with Gasteiger partial charge in [0.1, 0.15) is 19.1 Å². The molecule has 6 nitrogen and oxygen atoms in total.